The molecule has 0 radical (unpaired) electrons. The van der Waals surface area contributed by atoms with Crippen molar-refractivity contribution in [1.82, 2.24) is 14.8 Å². The predicted molar refractivity (Wildman–Crippen MR) is 116 cm³/mol. The van der Waals surface area contributed by atoms with Gasteiger partial charge < -0.3 is 9.15 Å². The SMILES string of the molecule is CCCCN1C(=O)C(=O)N(CC(=O)N2N=C(c3ccc(OC)cc3)C[C@@H]2c2ccco2)C1=O. The van der Waals surface area contributed by atoms with Gasteiger partial charge in [0, 0.05) is 13.0 Å². The highest BCUT2D eigenvalue weighted by Crippen LogP contribution is 2.33. The number of hydrogen-bond donors (Lipinski definition) is 0. The molecule has 5 amide bonds. The molecule has 10 heteroatoms. The lowest BCUT2D eigenvalue weighted by Crippen LogP contribution is -2.42. The molecular formula is C23H24N4O6. The molecule has 0 aliphatic carbocycles. The lowest BCUT2D eigenvalue weighted by Gasteiger charge is -2.22. The molecule has 33 heavy (non-hydrogen) atoms. The number of ether oxygens (including phenoxy) is 1. The molecule has 3 heterocycles. The van der Waals surface area contributed by atoms with Gasteiger partial charge in [0.2, 0.25) is 0 Å². The van der Waals surface area contributed by atoms with E-state index in [2.05, 4.69) is 5.10 Å². The molecule has 0 spiro atoms. The van der Waals surface area contributed by atoms with E-state index in [0.29, 0.717) is 35.0 Å². The second kappa shape index (κ2) is 9.27. The zero-order valence-corrected chi connectivity index (χ0v) is 18.4. The van der Waals surface area contributed by atoms with Gasteiger partial charge in [0.1, 0.15) is 24.1 Å². The van der Waals surface area contributed by atoms with Crippen molar-refractivity contribution in [3.8, 4) is 5.75 Å². The van der Waals surface area contributed by atoms with E-state index in [0.717, 1.165) is 16.9 Å². The van der Waals surface area contributed by atoms with Gasteiger partial charge in [-0.05, 0) is 48.4 Å². The van der Waals surface area contributed by atoms with Crippen LogP contribution in [0.25, 0.3) is 0 Å². The first-order chi connectivity index (χ1) is 15.9. The summed E-state index contributed by atoms with van der Waals surface area (Å²) >= 11 is 0. The van der Waals surface area contributed by atoms with Gasteiger partial charge in [-0.1, -0.05) is 13.3 Å². The van der Waals surface area contributed by atoms with Crippen LogP contribution in [0.5, 0.6) is 5.75 Å². The molecule has 0 N–H and O–H groups in total. The third kappa shape index (κ3) is 4.23. The van der Waals surface area contributed by atoms with Crippen LogP contribution in [0.3, 0.4) is 0 Å². The van der Waals surface area contributed by atoms with Crippen LogP contribution in [-0.4, -0.2) is 64.5 Å². The number of carbonyl (C=O) groups excluding carboxylic acids is 4. The lowest BCUT2D eigenvalue weighted by molar-refractivity contribution is -0.145. The van der Waals surface area contributed by atoms with Gasteiger partial charge in [0.05, 0.1) is 19.1 Å². The number of nitrogens with zero attached hydrogens (tertiary/aromatic N) is 4. The number of methoxy groups -OCH3 is 1. The highest BCUT2D eigenvalue weighted by Gasteiger charge is 2.46. The number of unbranched alkanes of at least 4 members (excludes halogenated alkanes) is 1. The number of imide groups is 2. The van der Waals surface area contributed by atoms with Crippen molar-refractivity contribution >= 4 is 29.5 Å². The monoisotopic (exact) mass is 452 g/mol. The van der Waals surface area contributed by atoms with Crippen molar-refractivity contribution in [1.29, 1.82) is 0 Å². The van der Waals surface area contributed by atoms with Crippen molar-refractivity contribution in [2.75, 3.05) is 20.2 Å². The Bertz CT molecular complexity index is 1090. The summed E-state index contributed by atoms with van der Waals surface area (Å²) in [5.41, 5.74) is 1.45. The van der Waals surface area contributed by atoms with E-state index in [9.17, 15) is 19.2 Å². The van der Waals surface area contributed by atoms with Crippen molar-refractivity contribution in [3.63, 3.8) is 0 Å². The quantitative estimate of drug-likeness (QED) is 0.449. The second-order valence-corrected chi connectivity index (χ2v) is 7.73. The van der Waals surface area contributed by atoms with Crippen LogP contribution in [-0.2, 0) is 14.4 Å². The number of rotatable bonds is 8. The third-order valence-electron chi connectivity index (χ3n) is 5.62. The molecule has 10 nitrogen and oxygen atoms in total. The topological polar surface area (TPSA) is 113 Å². The highest BCUT2D eigenvalue weighted by atomic mass is 16.5. The van der Waals surface area contributed by atoms with Crippen LogP contribution in [0.15, 0.2) is 52.2 Å². The molecule has 0 unspecified atom stereocenters. The Hall–Kier alpha value is -3.95. The summed E-state index contributed by atoms with van der Waals surface area (Å²) in [6.45, 7) is 1.47. The summed E-state index contributed by atoms with van der Waals surface area (Å²) in [6.07, 6.45) is 3.22. The third-order valence-corrected chi connectivity index (χ3v) is 5.62. The minimum absolute atomic E-state index is 0.142. The Labute approximate surface area is 190 Å². The van der Waals surface area contributed by atoms with E-state index >= 15 is 0 Å². The summed E-state index contributed by atoms with van der Waals surface area (Å²) in [4.78, 5) is 51.9. The zero-order valence-electron chi connectivity index (χ0n) is 18.4. The van der Waals surface area contributed by atoms with E-state index < -0.39 is 36.3 Å². The van der Waals surface area contributed by atoms with E-state index in [-0.39, 0.29) is 6.54 Å². The normalized spacial score (nSPS) is 18.4. The number of benzene rings is 1. The Morgan fingerprint density at radius 1 is 1.12 bits per heavy atom. The van der Waals surface area contributed by atoms with Crippen LogP contribution >= 0.6 is 0 Å². The van der Waals surface area contributed by atoms with Crippen molar-refractivity contribution in [2.45, 2.75) is 32.2 Å². The molecule has 2 aliphatic rings. The molecule has 1 atom stereocenters. The van der Waals surface area contributed by atoms with Crippen molar-refractivity contribution < 1.29 is 28.3 Å². The molecule has 4 rings (SSSR count). The van der Waals surface area contributed by atoms with E-state index in [4.69, 9.17) is 9.15 Å². The standard InChI is InChI=1S/C23H24N4O6/c1-3-4-11-25-21(29)22(30)26(23(25)31)14-20(28)27-18(19-6-5-12-33-19)13-17(24-27)15-7-9-16(32-2)10-8-15/h5-10,12,18H,3-4,11,13-14H2,1-2H3/t18-/m1/s1. The highest BCUT2D eigenvalue weighted by molar-refractivity contribution is 6.45. The van der Waals surface area contributed by atoms with Gasteiger partial charge in [0.25, 0.3) is 5.91 Å². The summed E-state index contributed by atoms with van der Waals surface area (Å²) in [5.74, 6) is -1.29. The van der Waals surface area contributed by atoms with Crippen LogP contribution < -0.4 is 4.74 Å². The molecule has 1 saturated heterocycles. The predicted octanol–water partition coefficient (Wildman–Crippen LogP) is 2.56. The number of urea groups is 1. The molecule has 2 aliphatic heterocycles. The Morgan fingerprint density at radius 2 is 1.85 bits per heavy atom. The Balaban J connectivity index is 1.57. The smallest absolute Gasteiger partial charge is 0.334 e. The van der Waals surface area contributed by atoms with Gasteiger partial charge in [-0.3, -0.25) is 19.3 Å². The number of amides is 5. The van der Waals surface area contributed by atoms with Gasteiger partial charge >= 0.3 is 17.8 Å². The molecule has 1 fully saturated rings. The molecular weight excluding hydrogens is 428 g/mol. The first-order valence-corrected chi connectivity index (χ1v) is 10.7. The molecule has 2 aromatic rings. The molecule has 0 bridgehead atoms. The molecule has 1 aromatic heterocycles. The van der Waals surface area contributed by atoms with E-state index in [1.165, 1.54) is 11.3 Å². The van der Waals surface area contributed by atoms with E-state index in [1.54, 1.807) is 31.4 Å². The average molecular weight is 452 g/mol. The minimum atomic E-state index is -1.00. The number of furan rings is 1. The average Bonchev–Trinajstić information content (AvgIpc) is 3.55. The largest absolute Gasteiger partial charge is 0.497 e. The zero-order chi connectivity index (χ0) is 23.5. The summed E-state index contributed by atoms with van der Waals surface area (Å²) in [6, 6.07) is 9.39. The molecule has 172 valence electrons. The Morgan fingerprint density at radius 3 is 2.48 bits per heavy atom. The maximum Gasteiger partial charge on any atom is 0.334 e. The second-order valence-electron chi connectivity index (χ2n) is 7.73. The maximum atomic E-state index is 13.2. The summed E-state index contributed by atoms with van der Waals surface area (Å²) < 4.78 is 10.7. The first kappa shape index (κ1) is 22.3. The van der Waals surface area contributed by atoms with E-state index in [1.807, 2.05) is 19.1 Å². The number of carbonyl (C=O) groups is 4. The minimum Gasteiger partial charge on any atom is -0.497 e. The molecule has 0 saturated carbocycles. The van der Waals surface area contributed by atoms with Crippen LogP contribution in [0, 0.1) is 0 Å². The molecule has 1 aromatic carbocycles. The maximum absolute atomic E-state index is 13.2. The van der Waals surface area contributed by atoms with Crippen LogP contribution in [0.2, 0.25) is 0 Å². The summed E-state index contributed by atoms with van der Waals surface area (Å²) in [7, 11) is 1.57. The van der Waals surface area contributed by atoms with Gasteiger partial charge in [0.15, 0.2) is 0 Å². The van der Waals surface area contributed by atoms with Crippen LogP contribution in [0.1, 0.15) is 43.6 Å². The first-order valence-electron chi connectivity index (χ1n) is 10.7. The van der Waals surface area contributed by atoms with Crippen LogP contribution in [0.4, 0.5) is 4.79 Å². The van der Waals surface area contributed by atoms with Crippen molar-refractivity contribution in [2.24, 2.45) is 5.10 Å². The fourth-order valence-corrected chi connectivity index (χ4v) is 3.81. The van der Waals surface area contributed by atoms with Gasteiger partial charge in [-0.2, -0.15) is 5.10 Å². The van der Waals surface area contributed by atoms with Crippen molar-refractivity contribution in [3.05, 3.63) is 54.0 Å². The lowest BCUT2D eigenvalue weighted by atomic mass is 10.0. The fraction of sp³-hybridized carbons (Fsp3) is 0.348. The number of hydrogen-bond acceptors (Lipinski definition) is 7. The Kier molecular flexibility index (Phi) is 6.25. The fourth-order valence-electron chi connectivity index (χ4n) is 3.81. The number of hydrazone groups is 1. The summed E-state index contributed by atoms with van der Waals surface area (Å²) in [5, 5.41) is 5.70. The van der Waals surface area contributed by atoms with Gasteiger partial charge in [-0.25, -0.2) is 14.7 Å². The van der Waals surface area contributed by atoms with Gasteiger partial charge in [-0.15, -0.1) is 0 Å².